The van der Waals surface area contributed by atoms with Crippen LogP contribution in [0.5, 0.6) is 5.88 Å². The van der Waals surface area contributed by atoms with Gasteiger partial charge in [0.1, 0.15) is 5.65 Å². The van der Waals surface area contributed by atoms with Crippen molar-refractivity contribution in [2.24, 2.45) is 11.8 Å². The second-order valence-electron chi connectivity index (χ2n) is 12.7. The van der Waals surface area contributed by atoms with Gasteiger partial charge in [-0.1, -0.05) is 65.7 Å². The van der Waals surface area contributed by atoms with Crippen LogP contribution in [-0.4, -0.2) is 80.2 Å². The van der Waals surface area contributed by atoms with Gasteiger partial charge in [0.05, 0.1) is 34.3 Å². The maximum absolute atomic E-state index is 13.3. The summed E-state index contributed by atoms with van der Waals surface area (Å²) in [5.74, 6) is -0.361. The molecule has 1 unspecified atom stereocenters. The SMILES string of the molecule is COc1nc(-c2cccc(-c3cccc(-c4ccn5c(=O)c(CN6CCC(C(=O)O)C6)cnc5c4)c3Cl)c2Cl)ccc1CN1CC(CO)C1. The number of halogens is 2. The molecular formula is C37H35Cl2N5O5. The molecule has 0 amide bonds. The number of carboxylic acids is 1. The van der Waals surface area contributed by atoms with E-state index in [-0.39, 0.29) is 12.2 Å². The highest BCUT2D eigenvalue weighted by atomic mass is 35.5. The van der Waals surface area contributed by atoms with E-state index >= 15 is 0 Å². The number of hydrogen-bond donors (Lipinski definition) is 2. The third-order valence-corrected chi connectivity index (χ3v) is 10.3. The number of benzene rings is 2. The van der Waals surface area contributed by atoms with Crippen LogP contribution in [0.4, 0.5) is 0 Å². The van der Waals surface area contributed by atoms with E-state index in [1.165, 1.54) is 4.40 Å². The molecule has 10 nitrogen and oxygen atoms in total. The molecule has 7 rings (SSSR count). The van der Waals surface area contributed by atoms with Crippen LogP contribution in [-0.2, 0) is 17.9 Å². The molecule has 2 aromatic carbocycles. The molecule has 2 N–H and O–H groups in total. The number of fused-ring (bicyclic) bond motifs is 1. The number of ether oxygens (including phenoxy) is 1. The largest absolute Gasteiger partial charge is 0.481 e. The van der Waals surface area contributed by atoms with E-state index in [0.29, 0.717) is 71.3 Å². The maximum Gasteiger partial charge on any atom is 0.307 e. The molecule has 0 bridgehead atoms. The number of rotatable bonds is 10. The van der Waals surface area contributed by atoms with Gasteiger partial charge >= 0.3 is 5.97 Å². The van der Waals surface area contributed by atoms with Crippen molar-refractivity contribution in [1.29, 1.82) is 0 Å². The highest BCUT2D eigenvalue weighted by Crippen LogP contribution is 2.42. The van der Waals surface area contributed by atoms with Crippen molar-refractivity contribution < 1.29 is 19.7 Å². The minimum Gasteiger partial charge on any atom is -0.481 e. The number of aliphatic carboxylic acids is 1. The lowest BCUT2D eigenvalue weighted by atomic mass is 9.97. The fourth-order valence-electron chi connectivity index (χ4n) is 6.79. The number of hydrogen-bond acceptors (Lipinski definition) is 8. The summed E-state index contributed by atoms with van der Waals surface area (Å²) in [5, 5.41) is 19.7. The van der Waals surface area contributed by atoms with Gasteiger partial charge in [-0.05, 0) is 36.7 Å². The van der Waals surface area contributed by atoms with Crippen LogP contribution in [0.1, 0.15) is 17.5 Å². The molecule has 5 heterocycles. The minimum atomic E-state index is -0.805. The number of nitrogens with zero attached hydrogens (tertiary/aromatic N) is 5. The van der Waals surface area contributed by atoms with Crippen molar-refractivity contribution >= 4 is 34.8 Å². The van der Waals surface area contributed by atoms with Gasteiger partial charge in [-0.25, -0.2) is 9.97 Å². The Labute approximate surface area is 293 Å². The van der Waals surface area contributed by atoms with Crippen molar-refractivity contribution in [2.45, 2.75) is 19.5 Å². The van der Waals surface area contributed by atoms with Gasteiger partial charge in [0.15, 0.2) is 0 Å². The van der Waals surface area contributed by atoms with Crippen molar-refractivity contribution in [3.05, 3.63) is 105 Å². The number of methoxy groups -OCH3 is 1. The van der Waals surface area contributed by atoms with Gasteiger partial charge in [0.25, 0.3) is 5.56 Å². The first-order valence-electron chi connectivity index (χ1n) is 16.1. The van der Waals surface area contributed by atoms with E-state index in [4.69, 9.17) is 32.9 Å². The number of aliphatic hydroxyl groups excluding tert-OH is 1. The van der Waals surface area contributed by atoms with Crippen LogP contribution in [0, 0.1) is 11.8 Å². The van der Waals surface area contributed by atoms with E-state index in [1.807, 2.05) is 65.6 Å². The zero-order chi connectivity index (χ0) is 34.2. The molecule has 0 aliphatic carbocycles. The minimum absolute atomic E-state index is 0.187. The van der Waals surface area contributed by atoms with Crippen molar-refractivity contribution in [1.82, 2.24) is 24.2 Å². The molecule has 3 aromatic heterocycles. The van der Waals surface area contributed by atoms with Crippen molar-refractivity contribution in [2.75, 3.05) is 39.9 Å². The predicted molar refractivity (Wildman–Crippen MR) is 189 cm³/mol. The van der Waals surface area contributed by atoms with Crippen LogP contribution < -0.4 is 10.3 Å². The van der Waals surface area contributed by atoms with Gasteiger partial charge in [0, 0.05) is 85.5 Å². The molecule has 0 spiro atoms. The van der Waals surface area contributed by atoms with Gasteiger partial charge in [0.2, 0.25) is 5.88 Å². The summed E-state index contributed by atoms with van der Waals surface area (Å²) < 4.78 is 7.16. The summed E-state index contributed by atoms with van der Waals surface area (Å²) in [5.41, 5.74) is 6.23. The lowest BCUT2D eigenvalue weighted by molar-refractivity contribution is -0.141. The molecule has 1 atom stereocenters. The molecule has 49 heavy (non-hydrogen) atoms. The second kappa shape index (κ2) is 13.9. The molecule has 5 aromatic rings. The topological polar surface area (TPSA) is 120 Å². The summed E-state index contributed by atoms with van der Waals surface area (Å²) >= 11 is 14.2. The van der Waals surface area contributed by atoms with E-state index < -0.39 is 11.9 Å². The van der Waals surface area contributed by atoms with Gasteiger partial charge < -0.3 is 14.9 Å². The fraction of sp³-hybridized carbons (Fsp3) is 0.297. The predicted octanol–water partition coefficient (Wildman–Crippen LogP) is 5.74. The van der Waals surface area contributed by atoms with Crippen molar-refractivity contribution in [3.8, 4) is 39.4 Å². The first kappa shape index (κ1) is 33.2. The van der Waals surface area contributed by atoms with E-state index in [9.17, 15) is 19.8 Å². The summed E-state index contributed by atoms with van der Waals surface area (Å²) in [6, 6.07) is 19.1. The fourth-order valence-corrected chi connectivity index (χ4v) is 7.45. The lowest BCUT2D eigenvalue weighted by Gasteiger charge is -2.38. The first-order chi connectivity index (χ1) is 23.7. The Morgan fingerprint density at radius 3 is 2.31 bits per heavy atom. The Bertz CT molecular complexity index is 2120. The number of likely N-dealkylation sites (tertiary alicyclic amines) is 2. The molecule has 2 fully saturated rings. The van der Waals surface area contributed by atoms with Gasteiger partial charge in [-0.2, -0.15) is 0 Å². The summed E-state index contributed by atoms with van der Waals surface area (Å²) in [4.78, 5) is 38.3. The van der Waals surface area contributed by atoms with E-state index in [0.717, 1.165) is 46.5 Å². The normalized spacial score (nSPS) is 17.0. The Morgan fingerprint density at radius 2 is 1.61 bits per heavy atom. The number of carbonyl (C=O) groups is 1. The van der Waals surface area contributed by atoms with Crippen LogP contribution in [0.15, 0.2) is 77.9 Å². The second-order valence-corrected chi connectivity index (χ2v) is 13.5. The summed E-state index contributed by atoms with van der Waals surface area (Å²) in [6.07, 6.45) is 3.84. The van der Waals surface area contributed by atoms with E-state index in [2.05, 4.69) is 9.88 Å². The van der Waals surface area contributed by atoms with Crippen molar-refractivity contribution in [3.63, 3.8) is 0 Å². The summed E-state index contributed by atoms with van der Waals surface area (Å²) in [6.45, 7) is 3.99. The van der Waals surface area contributed by atoms with Crippen LogP contribution in [0.2, 0.25) is 10.0 Å². The zero-order valence-electron chi connectivity index (χ0n) is 26.9. The number of pyridine rings is 2. The number of aliphatic hydroxyl groups is 1. The monoisotopic (exact) mass is 699 g/mol. The Hall–Kier alpha value is -4.32. The van der Waals surface area contributed by atoms with Gasteiger partial charge in [-0.15, -0.1) is 0 Å². The van der Waals surface area contributed by atoms with Crippen LogP contribution in [0.25, 0.3) is 39.2 Å². The smallest absolute Gasteiger partial charge is 0.307 e. The Kier molecular flexibility index (Phi) is 9.41. The standard InChI is InChI=1S/C37H35Cl2N5O5/c1-49-35-24(18-43-16-22(17-43)21-45)8-9-31(41-35)30-7-3-6-29(34(30)39)28-5-2-4-27(33(28)38)23-11-13-44-32(14-23)40-15-26(36(44)46)20-42-12-10-25(19-42)37(47)48/h2-9,11,13-15,22,25,45H,10,12,16-21H2,1H3,(H,47,48). The van der Waals surface area contributed by atoms with Crippen LogP contribution in [0.3, 0.4) is 0 Å². The molecule has 12 heteroatoms. The Morgan fingerprint density at radius 1 is 0.918 bits per heavy atom. The maximum atomic E-state index is 13.3. The highest BCUT2D eigenvalue weighted by Gasteiger charge is 2.29. The lowest BCUT2D eigenvalue weighted by Crippen LogP contribution is -2.47. The highest BCUT2D eigenvalue weighted by molar-refractivity contribution is 6.39. The molecular weight excluding hydrogens is 665 g/mol. The molecule has 0 radical (unpaired) electrons. The molecule has 2 saturated heterocycles. The quantitative estimate of drug-likeness (QED) is 0.188. The van der Waals surface area contributed by atoms with Gasteiger partial charge in [-0.3, -0.25) is 23.8 Å². The third-order valence-electron chi connectivity index (χ3n) is 9.49. The zero-order valence-corrected chi connectivity index (χ0v) is 28.4. The molecule has 252 valence electrons. The number of aromatic nitrogens is 3. The molecule has 2 aliphatic rings. The Balaban J connectivity index is 1.16. The molecule has 0 saturated carbocycles. The van der Waals surface area contributed by atoms with E-state index in [1.54, 1.807) is 19.5 Å². The third kappa shape index (κ3) is 6.54. The van der Waals surface area contributed by atoms with Crippen LogP contribution >= 0.6 is 23.2 Å². The summed E-state index contributed by atoms with van der Waals surface area (Å²) in [7, 11) is 1.61. The number of carboxylic acid groups (broad SMARTS) is 1. The molecule has 2 aliphatic heterocycles. The average Bonchev–Trinajstić information content (AvgIpc) is 3.57. The average molecular weight is 701 g/mol. The first-order valence-corrected chi connectivity index (χ1v) is 16.9.